The number of carbonyl (C=O) groups is 2. The van der Waals surface area contributed by atoms with Gasteiger partial charge in [0.1, 0.15) is 0 Å². The number of para-hydroxylation sites is 1. The molecule has 2 atom stereocenters. The van der Waals surface area contributed by atoms with Crippen LogP contribution in [0.4, 0.5) is 11.4 Å². The molecule has 1 fully saturated rings. The van der Waals surface area contributed by atoms with Crippen LogP contribution in [0.1, 0.15) is 34.6 Å². The number of carbonyl (C=O) groups excluding carboxylic acids is 2. The van der Waals surface area contributed by atoms with Crippen molar-refractivity contribution in [3.63, 3.8) is 0 Å². The predicted octanol–water partition coefficient (Wildman–Crippen LogP) is 3.11. The average molecular weight is 413 g/mol. The standard InChI is InChI=1S/C21H23N3O6/c1-13-11-23(12-14(2)30-13)21(26)16-6-4-5-7-17(16)22-20(25)15-8-9-19(29-3)18(10-15)24(27)28/h4-10,13-14H,11-12H2,1-3H3,(H,22,25)/t13-,14+. The highest BCUT2D eigenvalue weighted by Gasteiger charge is 2.28. The molecule has 9 heteroatoms. The normalized spacial score (nSPS) is 18.6. The largest absolute Gasteiger partial charge is 0.490 e. The van der Waals surface area contributed by atoms with Gasteiger partial charge < -0.3 is 19.7 Å². The van der Waals surface area contributed by atoms with E-state index >= 15 is 0 Å². The second-order valence-corrected chi connectivity index (χ2v) is 7.11. The molecule has 0 bridgehead atoms. The Morgan fingerprint density at radius 2 is 1.83 bits per heavy atom. The number of anilines is 1. The summed E-state index contributed by atoms with van der Waals surface area (Å²) in [6.45, 7) is 4.71. The van der Waals surface area contributed by atoms with Gasteiger partial charge in [-0.3, -0.25) is 19.7 Å². The summed E-state index contributed by atoms with van der Waals surface area (Å²) >= 11 is 0. The maximum Gasteiger partial charge on any atom is 0.311 e. The first-order valence-electron chi connectivity index (χ1n) is 9.47. The predicted molar refractivity (Wildman–Crippen MR) is 110 cm³/mol. The van der Waals surface area contributed by atoms with Crippen molar-refractivity contribution >= 4 is 23.2 Å². The monoisotopic (exact) mass is 413 g/mol. The summed E-state index contributed by atoms with van der Waals surface area (Å²) in [5.41, 5.74) is 0.442. The first-order chi connectivity index (χ1) is 14.3. The van der Waals surface area contributed by atoms with Gasteiger partial charge >= 0.3 is 5.69 Å². The molecule has 3 rings (SSSR count). The number of nitro benzene ring substituents is 1. The number of amides is 2. The van der Waals surface area contributed by atoms with E-state index in [-0.39, 0.29) is 35.1 Å². The van der Waals surface area contributed by atoms with Crippen molar-refractivity contribution < 1.29 is 24.0 Å². The van der Waals surface area contributed by atoms with Crippen molar-refractivity contribution in [2.45, 2.75) is 26.1 Å². The summed E-state index contributed by atoms with van der Waals surface area (Å²) in [7, 11) is 1.32. The van der Waals surface area contributed by atoms with E-state index in [0.717, 1.165) is 6.07 Å². The zero-order chi connectivity index (χ0) is 21.8. The maximum atomic E-state index is 13.1. The molecule has 1 saturated heterocycles. The van der Waals surface area contributed by atoms with Crippen LogP contribution in [0.3, 0.4) is 0 Å². The lowest BCUT2D eigenvalue weighted by atomic mass is 10.1. The molecule has 158 valence electrons. The molecular formula is C21H23N3O6. The lowest BCUT2D eigenvalue weighted by Gasteiger charge is -2.35. The molecule has 30 heavy (non-hydrogen) atoms. The van der Waals surface area contributed by atoms with Crippen LogP contribution in [0.15, 0.2) is 42.5 Å². The minimum absolute atomic E-state index is 0.0580. The average Bonchev–Trinajstić information content (AvgIpc) is 2.72. The van der Waals surface area contributed by atoms with Crippen molar-refractivity contribution in [2.24, 2.45) is 0 Å². The van der Waals surface area contributed by atoms with E-state index < -0.39 is 10.8 Å². The molecule has 1 aliphatic heterocycles. The zero-order valence-electron chi connectivity index (χ0n) is 17.0. The number of hydrogen-bond acceptors (Lipinski definition) is 6. The Hall–Kier alpha value is -3.46. The number of hydrogen-bond donors (Lipinski definition) is 1. The topological polar surface area (TPSA) is 111 Å². The van der Waals surface area contributed by atoms with Gasteiger partial charge in [0.25, 0.3) is 11.8 Å². The van der Waals surface area contributed by atoms with E-state index in [1.54, 1.807) is 29.2 Å². The van der Waals surface area contributed by atoms with E-state index in [1.807, 2.05) is 13.8 Å². The number of nitrogens with one attached hydrogen (secondary N) is 1. The Kier molecular flexibility index (Phi) is 6.31. The Morgan fingerprint density at radius 1 is 1.17 bits per heavy atom. The second kappa shape index (κ2) is 8.91. The smallest absolute Gasteiger partial charge is 0.311 e. The first kappa shape index (κ1) is 21.3. The summed E-state index contributed by atoms with van der Waals surface area (Å²) in [4.78, 5) is 38.1. The second-order valence-electron chi connectivity index (χ2n) is 7.11. The fourth-order valence-electron chi connectivity index (χ4n) is 3.46. The van der Waals surface area contributed by atoms with Gasteiger partial charge in [-0.15, -0.1) is 0 Å². The molecule has 1 aliphatic rings. The highest BCUT2D eigenvalue weighted by molar-refractivity contribution is 6.09. The maximum absolute atomic E-state index is 13.1. The van der Waals surface area contributed by atoms with Crippen molar-refractivity contribution in [2.75, 3.05) is 25.5 Å². The highest BCUT2D eigenvalue weighted by atomic mass is 16.6. The molecule has 0 aromatic heterocycles. The Bertz CT molecular complexity index is 967. The fourth-order valence-corrected chi connectivity index (χ4v) is 3.46. The SMILES string of the molecule is COc1ccc(C(=O)Nc2ccccc2C(=O)N2C[C@@H](C)O[C@@H](C)C2)cc1[N+](=O)[O-]. The van der Waals surface area contributed by atoms with Crippen molar-refractivity contribution in [1.82, 2.24) is 4.90 Å². The first-order valence-corrected chi connectivity index (χ1v) is 9.47. The molecular weight excluding hydrogens is 390 g/mol. The van der Waals surface area contributed by atoms with Crippen LogP contribution in [-0.4, -0.2) is 54.0 Å². The van der Waals surface area contributed by atoms with Gasteiger partial charge in [-0.1, -0.05) is 12.1 Å². The van der Waals surface area contributed by atoms with E-state index in [2.05, 4.69) is 5.32 Å². The van der Waals surface area contributed by atoms with E-state index in [9.17, 15) is 19.7 Å². The van der Waals surface area contributed by atoms with Gasteiger partial charge in [0.2, 0.25) is 0 Å². The molecule has 2 aromatic carbocycles. The number of ether oxygens (including phenoxy) is 2. The number of methoxy groups -OCH3 is 1. The van der Waals surface area contributed by atoms with E-state index in [1.165, 1.54) is 19.2 Å². The van der Waals surface area contributed by atoms with Crippen LogP contribution < -0.4 is 10.1 Å². The molecule has 0 radical (unpaired) electrons. The third-order valence-electron chi connectivity index (χ3n) is 4.75. The molecule has 2 amide bonds. The van der Waals surface area contributed by atoms with Crippen LogP contribution in [-0.2, 0) is 4.74 Å². The summed E-state index contributed by atoms with van der Waals surface area (Å²) in [6.07, 6.45) is -0.168. The highest BCUT2D eigenvalue weighted by Crippen LogP contribution is 2.28. The van der Waals surface area contributed by atoms with Gasteiger partial charge in [0, 0.05) is 24.7 Å². The number of nitrogens with zero attached hydrogens (tertiary/aromatic N) is 2. The van der Waals surface area contributed by atoms with Gasteiger partial charge in [-0.05, 0) is 38.1 Å². The van der Waals surface area contributed by atoms with Crippen LogP contribution in [0.2, 0.25) is 0 Å². The quantitative estimate of drug-likeness (QED) is 0.596. The van der Waals surface area contributed by atoms with Gasteiger partial charge in [-0.25, -0.2) is 0 Å². The summed E-state index contributed by atoms with van der Waals surface area (Å²) in [5, 5.41) is 13.9. The third kappa shape index (κ3) is 4.57. The van der Waals surface area contributed by atoms with Crippen molar-refractivity contribution in [1.29, 1.82) is 0 Å². The van der Waals surface area contributed by atoms with E-state index in [0.29, 0.717) is 24.3 Å². The lowest BCUT2D eigenvalue weighted by Crippen LogP contribution is -2.48. The number of benzene rings is 2. The van der Waals surface area contributed by atoms with Gasteiger partial charge in [-0.2, -0.15) is 0 Å². The van der Waals surface area contributed by atoms with E-state index in [4.69, 9.17) is 9.47 Å². The molecule has 9 nitrogen and oxygen atoms in total. The molecule has 1 heterocycles. The molecule has 0 aliphatic carbocycles. The number of morpholine rings is 1. The van der Waals surface area contributed by atoms with Crippen LogP contribution in [0.5, 0.6) is 5.75 Å². The van der Waals surface area contributed by atoms with Gasteiger partial charge in [0.05, 0.1) is 35.5 Å². The van der Waals surface area contributed by atoms with Crippen LogP contribution in [0, 0.1) is 10.1 Å². The van der Waals surface area contributed by atoms with Crippen LogP contribution >= 0.6 is 0 Å². The number of nitro groups is 1. The lowest BCUT2D eigenvalue weighted by molar-refractivity contribution is -0.385. The Morgan fingerprint density at radius 3 is 2.47 bits per heavy atom. The molecule has 2 aromatic rings. The van der Waals surface area contributed by atoms with Crippen LogP contribution in [0.25, 0.3) is 0 Å². The molecule has 0 spiro atoms. The Balaban J connectivity index is 1.84. The molecule has 0 saturated carbocycles. The minimum atomic E-state index is -0.617. The van der Waals surface area contributed by atoms with Crippen molar-refractivity contribution in [3.8, 4) is 5.75 Å². The fraction of sp³-hybridized carbons (Fsp3) is 0.333. The Labute approximate surface area is 173 Å². The summed E-state index contributed by atoms with van der Waals surface area (Å²) in [5.74, 6) is -0.721. The zero-order valence-corrected chi connectivity index (χ0v) is 17.0. The molecule has 0 unspecified atom stereocenters. The number of rotatable bonds is 5. The van der Waals surface area contributed by atoms with Crippen molar-refractivity contribution in [3.05, 3.63) is 63.7 Å². The summed E-state index contributed by atoms with van der Waals surface area (Å²) < 4.78 is 10.6. The van der Waals surface area contributed by atoms with Gasteiger partial charge in [0.15, 0.2) is 5.75 Å². The minimum Gasteiger partial charge on any atom is -0.490 e. The summed E-state index contributed by atoms with van der Waals surface area (Å²) in [6, 6.07) is 10.6. The third-order valence-corrected chi connectivity index (χ3v) is 4.75. The molecule has 1 N–H and O–H groups in total.